The Balaban J connectivity index is 1.66. The molecule has 26 heavy (non-hydrogen) atoms. The van der Waals surface area contributed by atoms with Crippen LogP contribution in [-0.2, 0) is 9.59 Å². The first kappa shape index (κ1) is 17.7. The third kappa shape index (κ3) is 3.61. The Bertz CT molecular complexity index is 889. The lowest BCUT2D eigenvalue weighted by Gasteiger charge is -2.21. The van der Waals surface area contributed by atoms with Crippen molar-refractivity contribution >= 4 is 28.7 Å². The van der Waals surface area contributed by atoms with Crippen LogP contribution >= 0.6 is 0 Å². The number of halogens is 2. The highest BCUT2D eigenvalue weighted by atomic mass is 19.1. The fourth-order valence-corrected chi connectivity index (χ4v) is 2.87. The van der Waals surface area contributed by atoms with Crippen molar-refractivity contribution in [1.82, 2.24) is 15.2 Å². The second-order valence-corrected chi connectivity index (χ2v) is 5.95. The molecule has 0 spiro atoms. The molecule has 3 rings (SSSR count). The molecule has 1 aliphatic rings. The molecule has 0 radical (unpaired) electrons. The molecule has 2 heterocycles. The monoisotopic (exact) mass is 363 g/mol. The Labute approximate surface area is 146 Å². The van der Waals surface area contributed by atoms with Gasteiger partial charge in [0.1, 0.15) is 23.7 Å². The van der Waals surface area contributed by atoms with Crippen molar-refractivity contribution in [2.45, 2.75) is 18.6 Å². The number of hydrogen-bond acceptors (Lipinski definition) is 4. The third-order valence-electron chi connectivity index (χ3n) is 4.14. The quantitative estimate of drug-likeness (QED) is 0.848. The Hall–Kier alpha value is -3.10. The van der Waals surface area contributed by atoms with E-state index in [1.165, 1.54) is 30.3 Å². The molecule has 1 aromatic heterocycles. The fraction of sp³-hybridized carbons (Fsp3) is 0.294. The fourth-order valence-electron chi connectivity index (χ4n) is 2.87. The second kappa shape index (κ2) is 7.03. The van der Waals surface area contributed by atoms with E-state index in [4.69, 9.17) is 5.11 Å². The van der Waals surface area contributed by atoms with Gasteiger partial charge in [0.05, 0.1) is 18.6 Å². The number of amides is 2. The Morgan fingerprint density at radius 1 is 1.27 bits per heavy atom. The number of alkyl halides is 1. The first-order chi connectivity index (χ1) is 12.3. The molecular formula is C17H15F2N3O4. The summed E-state index contributed by atoms with van der Waals surface area (Å²) in [5, 5.41) is 11.9. The van der Waals surface area contributed by atoms with Gasteiger partial charge in [-0.3, -0.25) is 9.59 Å². The van der Waals surface area contributed by atoms with Crippen LogP contribution in [0.5, 0.6) is 0 Å². The SMILES string of the molecule is O=C(NCC(=O)N1C[C@H](F)C[C@H]1C(=O)O)c1ccc2cc(F)ccc2n1. The van der Waals surface area contributed by atoms with Gasteiger partial charge in [-0.1, -0.05) is 6.07 Å². The molecular weight excluding hydrogens is 348 g/mol. The van der Waals surface area contributed by atoms with E-state index in [1.807, 2.05) is 0 Å². The largest absolute Gasteiger partial charge is 0.480 e. The van der Waals surface area contributed by atoms with Crippen LogP contribution in [-0.4, -0.2) is 58.1 Å². The van der Waals surface area contributed by atoms with Crippen LogP contribution < -0.4 is 5.32 Å². The van der Waals surface area contributed by atoms with Crippen LogP contribution in [0.4, 0.5) is 8.78 Å². The third-order valence-corrected chi connectivity index (χ3v) is 4.14. The molecule has 0 unspecified atom stereocenters. The van der Waals surface area contributed by atoms with E-state index in [2.05, 4.69) is 10.3 Å². The maximum Gasteiger partial charge on any atom is 0.326 e. The van der Waals surface area contributed by atoms with Crippen molar-refractivity contribution in [3.63, 3.8) is 0 Å². The Kier molecular flexibility index (Phi) is 4.79. The van der Waals surface area contributed by atoms with Gasteiger partial charge in [0.25, 0.3) is 5.91 Å². The molecule has 2 amide bonds. The number of nitrogens with zero attached hydrogens (tertiary/aromatic N) is 2. The lowest BCUT2D eigenvalue weighted by molar-refractivity contribution is -0.147. The molecule has 2 atom stereocenters. The zero-order chi connectivity index (χ0) is 18.8. The molecule has 0 saturated carbocycles. The summed E-state index contributed by atoms with van der Waals surface area (Å²) < 4.78 is 26.6. The van der Waals surface area contributed by atoms with Crippen LogP contribution in [0, 0.1) is 5.82 Å². The van der Waals surface area contributed by atoms with E-state index in [0.717, 1.165) is 4.90 Å². The zero-order valence-electron chi connectivity index (χ0n) is 13.5. The van der Waals surface area contributed by atoms with E-state index in [0.29, 0.717) is 10.9 Å². The average Bonchev–Trinajstić information content (AvgIpc) is 3.01. The number of nitrogens with one attached hydrogen (secondary N) is 1. The zero-order valence-corrected chi connectivity index (χ0v) is 13.5. The molecule has 136 valence electrons. The molecule has 7 nitrogen and oxygen atoms in total. The molecule has 0 aliphatic carbocycles. The number of fused-ring (bicyclic) bond motifs is 1. The minimum Gasteiger partial charge on any atom is -0.480 e. The summed E-state index contributed by atoms with van der Waals surface area (Å²) in [5.74, 6) is -3.04. The number of rotatable bonds is 4. The van der Waals surface area contributed by atoms with Gasteiger partial charge in [0.15, 0.2) is 0 Å². The van der Waals surface area contributed by atoms with Gasteiger partial charge in [-0.2, -0.15) is 0 Å². The number of likely N-dealkylation sites (tertiary alicyclic amines) is 1. The van der Waals surface area contributed by atoms with Gasteiger partial charge in [0.2, 0.25) is 5.91 Å². The highest BCUT2D eigenvalue weighted by Gasteiger charge is 2.39. The van der Waals surface area contributed by atoms with Crippen molar-refractivity contribution in [2.24, 2.45) is 0 Å². The molecule has 1 saturated heterocycles. The minimum absolute atomic E-state index is 0.0245. The van der Waals surface area contributed by atoms with Crippen molar-refractivity contribution in [2.75, 3.05) is 13.1 Å². The van der Waals surface area contributed by atoms with Gasteiger partial charge in [-0.05, 0) is 24.3 Å². The van der Waals surface area contributed by atoms with Gasteiger partial charge in [-0.15, -0.1) is 0 Å². The molecule has 1 aromatic carbocycles. The summed E-state index contributed by atoms with van der Waals surface area (Å²) in [4.78, 5) is 40.3. The smallest absolute Gasteiger partial charge is 0.326 e. The maximum atomic E-state index is 13.4. The number of carbonyl (C=O) groups is 3. The Morgan fingerprint density at radius 2 is 2.04 bits per heavy atom. The van der Waals surface area contributed by atoms with E-state index in [-0.39, 0.29) is 18.7 Å². The number of benzene rings is 1. The number of pyridine rings is 1. The summed E-state index contributed by atoms with van der Waals surface area (Å²) in [6.07, 6.45) is -1.67. The number of aromatic nitrogens is 1. The van der Waals surface area contributed by atoms with Crippen molar-refractivity contribution in [1.29, 1.82) is 0 Å². The van der Waals surface area contributed by atoms with Gasteiger partial charge in [-0.25, -0.2) is 18.6 Å². The van der Waals surface area contributed by atoms with Gasteiger partial charge >= 0.3 is 5.97 Å². The first-order valence-corrected chi connectivity index (χ1v) is 7.86. The van der Waals surface area contributed by atoms with Crippen LogP contribution in [0.1, 0.15) is 16.9 Å². The summed E-state index contributed by atoms with van der Waals surface area (Å²) in [7, 11) is 0. The minimum atomic E-state index is -1.40. The summed E-state index contributed by atoms with van der Waals surface area (Å²) in [6.45, 7) is -0.788. The maximum absolute atomic E-state index is 13.4. The predicted octanol–water partition coefficient (Wildman–Crippen LogP) is 1.13. The molecule has 2 aromatic rings. The van der Waals surface area contributed by atoms with Crippen LogP contribution in [0.3, 0.4) is 0 Å². The number of carboxylic acid groups (broad SMARTS) is 1. The number of aliphatic carboxylic acids is 1. The van der Waals surface area contributed by atoms with Crippen molar-refractivity contribution in [3.8, 4) is 0 Å². The highest BCUT2D eigenvalue weighted by Crippen LogP contribution is 2.20. The van der Waals surface area contributed by atoms with Crippen LogP contribution in [0.15, 0.2) is 30.3 Å². The Morgan fingerprint density at radius 3 is 2.77 bits per heavy atom. The van der Waals surface area contributed by atoms with Crippen LogP contribution in [0.25, 0.3) is 10.9 Å². The standard InChI is InChI=1S/C17H15F2N3O4/c18-10-2-4-12-9(5-10)1-3-13(21-12)16(24)20-7-15(23)22-8-11(19)6-14(22)17(25)26/h1-5,11,14H,6-8H2,(H,20,24)(H,25,26)/t11-,14+/m1/s1. The summed E-state index contributed by atoms with van der Waals surface area (Å²) in [6, 6.07) is 5.60. The second-order valence-electron chi connectivity index (χ2n) is 5.95. The van der Waals surface area contributed by atoms with Gasteiger partial charge in [0, 0.05) is 11.8 Å². The first-order valence-electron chi connectivity index (χ1n) is 7.86. The number of carboxylic acids is 1. The van der Waals surface area contributed by atoms with E-state index in [9.17, 15) is 23.2 Å². The normalized spacial score (nSPS) is 19.5. The molecule has 2 N–H and O–H groups in total. The molecule has 1 fully saturated rings. The number of hydrogen-bond donors (Lipinski definition) is 2. The molecule has 1 aliphatic heterocycles. The molecule has 0 bridgehead atoms. The lowest BCUT2D eigenvalue weighted by Crippen LogP contribution is -2.45. The predicted molar refractivity (Wildman–Crippen MR) is 86.7 cm³/mol. The van der Waals surface area contributed by atoms with Gasteiger partial charge < -0.3 is 15.3 Å². The van der Waals surface area contributed by atoms with Crippen molar-refractivity contribution in [3.05, 3.63) is 41.8 Å². The van der Waals surface area contributed by atoms with Crippen molar-refractivity contribution < 1.29 is 28.3 Å². The average molecular weight is 363 g/mol. The van der Waals surface area contributed by atoms with E-state index < -0.39 is 42.4 Å². The highest BCUT2D eigenvalue weighted by molar-refractivity contribution is 5.97. The van der Waals surface area contributed by atoms with E-state index in [1.54, 1.807) is 0 Å². The lowest BCUT2D eigenvalue weighted by atomic mass is 10.2. The van der Waals surface area contributed by atoms with Crippen LogP contribution in [0.2, 0.25) is 0 Å². The van der Waals surface area contributed by atoms with E-state index >= 15 is 0 Å². The topological polar surface area (TPSA) is 99.6 Å². The summed E-state index contributed by atoms with van der Waals surface area (Å²) >= 11 is 0. The number of carbonyl (C=O) groups excluding carboxylic acids is 2. The molecule has 9 heteroatoms. The summed E-state index contributed by atoms with van der Waals surface area (Å²) in [5.41, 5.74) is 0.438.